The number of ether oxygens (including phenoxy) is 4. The number of aliphatic hydroxyl groups excluding tert-OH is 1. The average Bonchev–Trinajstić information content (AvgIpc) is 0.925. The van der Waals surface area contributed by atoms with Crippen LogP contribution in [-0.2, 0) is 65.4 Å². The quantitative estimate of drug-likeness (QED) is 0.0169. The minimum absolute atomic E-state index is 0.0880. The van der Waals surface area contributed by atoms with Gasteiger partial charge in [0.15, 0.2) is 12.2 Å². The second-order valence-corrected chi connectivity index (χ2v) is 28.5. The molecule has 0 aliphatic carbocycles. The van der Waals surface area contributed by atoms with Crippen molar-refractivity contribution in [3.05, 3.63) is 146 Å². The summed E-state index contributed by atoms with van der Waals surface area (Å²) in [6.45, 7) is 4.45. The Balaban J connectivity index is 5.41. The molecule has 19 heteroatoms. The van der Waals surface area contributed by atoms with E-state index in [1.165, 1.54) is 57.8 Å². The molecule has 0 aromatic heterocycles. The summed E-state index contributed by atoms with van der Waals surface area (Å²) in [4.78, 5) is 72.8. The Labute approximate surface area is 617 Å². The number of esters is 4. The van der Waals surface area contributed by atoms with E-state index in [4.69, 9.17) is 37.0 Å². The van der Waals surface area contributed by atoms with Crippen molar-refractivity contribution in [2.24, 2.45) is 0 Å². The number of carbonyl (C=O) groups excluding carboxylic acids is 4. The Morgan fingerprint density at radius 2 is 0.549 bits per heavy atom. The molecular weight excluding hydrogens is 1330 g/mol. The van der Waals surface area contributed by atoms with Gasteiger partial charge in [-0.25, -0.2) is 9.13 Å². The third-order valence-corrected chi connectivity index (χ3v) is 17.7. The molecule has 0 radical (unpaired) electrons. The molecule has 0 aromatic rings. The van der Waals surface area contributed by atoms with Crippen LogP contribution < -0.4 is 0 Å². The first kappa shape index (κ1) is 96.9. The van der Waals surface area contributed by atoms with Crippen LogP contribution in [0.3, 0.4) is 0 Å². The van der Waals surface area contributed by atoms with E-state index in [1.54, 1.807) is 12.2 Å². The fourth-order valence-corrected chi connectivity index (χ4v) is 11.5. The van der Waals surface area contributed by atoms with E-state index in [9.17, 15) is 43.2 Å². The Morgan fingerprint density at radius 1 is 0.294 bits per heavy atom. The minimum Gasteiger partial charge on any atom is -0.462 e. The monoisotopic (exact) mass is 1470 g/mol. The Bertz CT molecular complexity index is 2510. The summed E-state index contributed by atoms with van der Waals surface area (Å²) >= 11 is 0. The van der Waals surface area contributed by atoms with E-state index < -0.39 is 97.5 Å². The standard InChI is InChI=1S/C83H138O17P2/c1-5-9-13-17-21-25-29-32-35-37-38-40-43-45-49-52-56-60-64-68-80(85)93-73-78(99-82(87)69-65-61-57-53-47-28-24-20-16-12-8-4)75-97-101(89,90)95-71-77(84)72-96-102(91,92)98-76-79(100-83(88)70-66-62-58-54-50-46-41-34-31-27-23-19-15-11-7-3)74-94-81(86)67-63-59-55-51-48-44-42-39-36-33-30-26-22-18-14-10-6-2/h10-11,14-15,21-23,25-27,32-36,38,40-42,44,50,54,62,66,77-79,84H,5-9,12-13,16-20,24,28-31,37,39,43,45-49,51-53,55-61,63-65,67-76H2,1-4H3,(H,89,90)(H,91,92)/b14-10-,15-11-,25-21-,26-22-,27-23-,35-32-,36-33-,40-38-,41-34-,44-42-,54-50-,66-62-. The van der Waals surface area contributed by atoms with E-state index in [2.05, 4.69) is 149 Å². The zero-order chi connectivity index (χ0) is 74.6. The van der Waals surface area contributed by atoms with Crippen LogP contribution >= 0.6 is 15.6 Å². The summed E-state index contributed by atoms with van der Waals surface area (Å²) in [6.07, 6.45) is 84.4. The highest BCUT2D eigenvalue weighted by atomic mass is 31.2. The summed E-state index contributed by atoms with van der Waals surface area (Å²) in [7, 11) is -10.00. The van der Waals surface area contributed by atoms with Gasteiger partial charge in [0.25, 0.3) is 0 Å². The molecule has 0 bridgehead atoms. The van der Waals surface area contributed by atoms with Crippen molar-refractivity contribution in [1.29, 1.82) is 0 Å². The number of hydrogen-bond donors (Lipinski definition) is 3. The van der Waals surface area contributed by atoms with Crippen molar-refractivity contribution in [2.75, 3.05) is 39.6 Å². The molecule has 0 rings (SSSR count). The minimum atomic E-state index is -5.01. The first-order valence-corrected chi connectivity index (χ1v) is 42.1. The molecule has 5 unspecified atom stereocenters. The van der Waals surface area contributed by atoms with Crippen LogP contribution in [0.5, 0.6) is 0 Å². The smallest absolute Gasteiger partial charge is 0.462 e. The second-order valence-electron chi connectivity index (χ2n) is 25.6. The molecule has 0 aliphatic heterocycles. The maximum absolute atomic E-state index is 13.1. The van der Waals surface area contributed by atoms with Gasteiger partial charge in [0.2, 0.25) is 0 Å². The molecule has 3 N–H and O–H groups in total. The van der Waals surface area contributed by atoms with Crippen molar-refractivity contribution < 1.29 is 80.2 Å². The lowest BCUT2D eigenvalue weighted by Gasteiger charge is -2.21. The lowest BCUT2D eigenvalue weighted by Crippen LogP contribution is -2.30. The maximum atomic E-state index is 13.1. The summed E-state index contributed by atoms with van der Waals surface area (Å²) in [5.74, 6) is -2.37. The SMILES string of the molecule is CC/C=C\C/C=C\C/C=C\C/C=C\C/C=C\CC(=O)OC(COC(=O)CCCCCC/C=C\C/C=C\C/C=C\C/C=C\CC)COP(=O)(O)OCC(O)COP(=O)(O)OCC(COC(=O)CCCCCCCC/C=C\C/C=C\C/C=C\CCCCC)OC(=O)CCCCCCCCCCCCC. The first-order valence-electron chi connectivity index (χ1n) is 39.1. The lowest BCUT2D eigenvalue weighted by atomic mass is 10.1. The summed E-state index contributed by atoms with van der Waals surface area (Å²) in [5, 5.41) is 10.6. The van der Waals surface area contributed by atoms with Gasteiger partial charge in [-0.15, -0.1) is 0 Å². The largest absolute Gasteiger partial charge is 0.472 e. The molecule has 0 amide bonds. The van der Waals surface area contributed by atoms with Crippen LogP contribution in [0, 0.1) is 0 Å². The molecule has 17 nitrogen and oxygen atoms in total. The number of aliphatic hydroxyl groups is 1. The molecule has 0 spiro atoms. The Kier molecular flexibility index (Phi) is 70.5. The second kappa shape index (κ2) is 74.2. The van der Waals surface area contributed by atoms with Crippen LogP contribution in [0.25, 0.3) is 0 Å². The predicted molar refractivity (Wildman–Crippen MR) is 417 cm³/mol. The molecular formula is C83H138O17P2. The summed E-state index contributed by atoms with van der Waals surface area (Å²) < 4.78 is 68.3. The normalized spacial score (nSPS) is 14.7. The predicted octanol–water partition coefficient (Wildman–Crippen LogP) is 22.7. The fourth-order valence-electron chi connectivity index (χ4n) is 9.94. The molecule has 0 heterocycles. The first-order chi connectivity index (χ1) is 49.7. The zero-order valence-electron chi connectivity index (χ0n) is 63.5. The molecule has 5 atom stereocenters. The van der Waals surface area contributed by atoms with Crippen LogP contribution in [0.1, 0.15) is 297 Å². The van der Waals surface area contributed by atoms with E-state index in [0.717, 1.165) is 161 Å². The van der Waals surface area contributed by atoms with Gasteiger partial charge in [-0.2, -0.15) is 0 Å². The number of hydrogen-bond acceptors (Lipinski definition) is 15. The molecule has 0 aliphatic rings. The zero-order valence-corrected chi connectivity index (χ0v) is 65.3. The van der Waals surface area contributed by atoms with Gasteiger partial charge in [-0.1, -0.05) is 289 Å². The molecule has 0 saturated carbocycles. The van der Waals surface area contributed by atoms with E-state index in [0.29, 0.717) is 25.7 Å². The van der Waals surface area contributed by atoms with Gasteiger partial charge in [0.05, 0.1) is 32.8 Å². The van der Waals surface area contributed by atoms with E-state index >= 15 is 0 Å². The van der Waals surface area contributed by atoms with Crippen molar-refractivity contribution in [2.45, 2.75) is 316 Å². The molecule has 0 aromatic carbocycles. The maximum Gasteiger partial charge on any atom is 0.472 e. The number of phosphoric ester groups is 2. The van der Waals surface area contributed by atoms with Gasteiger partial charge in [-0.05, 0) is 128 Å². The summed E-state index contributed by atoms with van der Waals surface area (Å²) in [6, 6.07) is 0. The molecule has 582 valence electrons. The number of phosphoric acid groups is 2. The van der Waals surface area contributed by atoms with Crippen molar-refractivity contribution in [3.63, 3.8) is 0 Å². The van der Waals surface area contributed by atoms with Gasteiger partial charge >= 0.3 is 39.5 Å². The molecule has 0 fully saturated rings. The number of allylic oxidation sites excluding steroid dienone is 23. The van der Waals surface area contributed by atoms with Crippen LogP contribution in [0.15, 0.2) is 146 Å². The fraction of sp³-hybridized carbons (Fsp3) is 0.663. The third kappa shape index (κ3) is 73.3. The highest BCUT2D eigenvalue weighted by Crippen LogP contribution is 2.45. The van der Waals surface area contributed by atoms with Gasteiger partial charge in [0.1, 0.15) is 19.3 Å². The van der Waals surface area contributed by atoms with Crippen LogP contribution in [0.2, 0.25) is 0 Å². The van der Waals surface area contributed by atoms with Crippen molar-refractivity contribution in [3.8, 4) is 0 Å². The van der Waals surface area contributed by atoms with Crippen molar-refractivity contribution >= 4 is 39.5 Å². The van der Waals surface area contributed by atoms with Crippen LogP contribution in [-0.4, -0.2) is 96.7 Å². The number of unbranched alkanes of at least 4 members (excludes halogenated alkanes) is 23. The Hall–Kier alpha value is -5.06. The molecule has 0 saturated heterocycles. The molecule has 102 heavy (non-hydrogen) atoms. The van der Waals surface area contributed by atoms with E-state index in [1.807, 2.05) is 12.2 Å². The van der Waals surface area contributed by atoms with Crippen molar-refractivity contribution in [1.82, 2.24) is 0 Å². The van der Waals surface area contributed by atoms with Crippen LogP contribution in [0.4, 0.5) is 0 Å². The summed E-state index contributed by atoms with van der Waals surface area (Å²) in [5.41, 5.74) is 0. The topological polar surface area (TPSA) is 237 Å². The van der Waals surface area contributed by atoms with E-state index in [-0.39, 0.29) is 25.7 Å². The van der Waals surface area contributed by atoms with Gasteiger partial charge < -0.3 is 33.8 Å². The third-order valence-electron chi connectivity index (χ3n) is 15.8. The average molecular weight is 1470 g/mol. The van der Waals surface area contributed by atoms with Gasteiger partial charge in [-0.3, -0.25) is 37.3 Å². The van der Waals surface area contributed by atoms with Gasteiger partial charge in [0, 0.05) is 19.3 Å². The Morgan fingerprint density at radius 3 is 0.892 bits per heavy atom. The highest BCUT2D eigenvalue weighted by Gasteiger charge is 2.30. The number of rotatable bonds is 72. The highest BCUT2D eigenvalue weighted by molar-refractivity contribution is 7.47. The number of carbonyl (C=O) groups is 4. The lowest BCUT2D eigenvalue weighted by molar-refractivity contribution is -0.161.